The molecule has 0 N–H and O–H groups in total. The Bertz CT molecular complexity index is 542. The standard InChI is InChI=1S/C17H28N4O2/c1-12(2)10-17-18-16(19-23-17)11-20-8-4-6-14(20)15-7-5-9-21(15)13(3)22/h12,14-15H,4-11H2,1-3H3/t14-,15-/m0/s1. The van der Waals surface area contributed by atoms with Crippen molar-refractivity contribution < 1.29 is 9.32 Å². The SMILES string of the molecule is CC(=O)N1CCC[C@H]1[C@@H]1CCCN1Cc1noc(CC(C)C)n1. The third-order valence-electron chi connectivity index (χ3n) is 5.00. The van der Waals surface area contributed by atoms with Crippen molar-refractivity contribution in [3.63, 3.8) is 0 Å². The van der Waals surface area contributed by atoms with Crippen molar-refractivity contribution in [2.45, 2.75) is 71.5 Å². The van der Waals surface area contributed by atoms with E-state index >= 15 is 0 Å². The normalized spacial score (nSPS) is 25.7. The summed E-state index contributed by atoms with van der Waals surface area (Å²) in [4.78, 5) is 20.9. The van der Waals surface area contributed by atoms with Crippen molar-refractivity contribution >= 4 is 5.91 Å². The molecule has 1 amide bonds. The second-order valence-electron chi connectivity index (χ2n) is 7.30. The number of hydrogen-bond donors (Lipinski definition) is 0. The van der Waals surface area contributed by atoms with Crippen molar-refractivity contribution in [3.8, 4) is 0 Å². The van der Waals surface area contributed by atoms with Gasteiger partial charge in [-0.25, -0.2) is 0 Å². The quantitative estimate of drug-likeness (QED) is 0.832. The fourth-order valence-corrected chi connectivity index (χ4v) is 4.04. The van der Waals surface area contributed by atoms with E-state index in [1.165, 1.54) is 6.42 Å². The third kappa shape index (κ3) is 3.74. The van der Waals surface area contributed by atoms with Gasteiger partial charge in [0, 0.05) is 32.0 Å². The van der Waals surface area contributed by atoms with Gasteiger partial charge < -0.3 is 9.42 Å². The highest BCUT2D eigenvalue weighted by molar-refractivity contribution is 5.74. The molecule has 3 heterocycles. The van der Waals surface area contributed by atoms with E-state index in [1.807, 2.05) is 0 Å². The lowest BCUT2D eigenvalue weighted by molar-refractivity contribution is -0.130. The molecular formula is C17H28N4O2. The fourth-order valence-electron chi connectivity index (χ4n) is 4.04. The highest BCUT2D eigenvalue weighted by Crippen LogP contribution is 2.30. The molecule has 0 bridgehead atoms. The summed E-state index contributed by atoms with van der Waals surface area (Å²) in [5, 5.41) is 4.14. The lowest BCUT2D eigenvalue weighted by Gasteiger charge is -2.34. The number of carbonyl (C=O) groups excluding carboxylic acids is 1. The van der Waals surface area contributed by atoms with E-state index in [-0.39, 0.29) is 5.91 Å². The lowest BCUT2D eigenvalue weighted by atomic mass is 10.0. The Labute approximate surface area is 138 Å². The lowest BCUT2D eigenvalue weighted by Crippen LogP contribution is -2.47. The van der Waals surface area contributed by atoms with Crippen LogP contribution in [0.15, 0.2) is 4.52 Å². The van der Waals surface area contributed by atoms with E-state index in [4.69, 9.17) is 4.52 Å². The summed E-state index contributed by atoms with van der Waals surface area (Å²) < 4.78 is 5.35. The van der Waals surface area contributed by atoms with Crippen LogP contribution < -0.4 is 0 Å². The molecule has 3 rings (SSSR count). The molecule has 2 aliphatic heterocycles. The van der Waals surface area contributed by atoms with Gasteiger partial charge in [-0.2, -0.15) is 4.98 Å². The van der Waals surface area contributed by atoms with Gasteiger partial charge in [-0.15, -0.1) is 0 Å². The summed E-state index contributed by atoms with van der Waals surface area (Å²) in [5.74, 6) is 2.24. The Hall–Kier alpha value is -1.43. The van der Waals surface area contributed by atoms with Crippen LogP contribution >= 0.6 is 0 Å². The Morgan fingerprint density at radius 2 is 2.00 bits per heavy atom. The van der Waals surface area contributed by atoms with E-state index in [0.29, 0.717) is 18.0 Å². The maximum atomic E-state index is 11.9. The van der Waals surface area contributed by atoms with E-state index in [2.05, 4.69) is 33.8 Å². The van der Waals surface area contributed by atoms with Gasteiger partial charge in [-0.3, -0.25) is 9.69 Å². The number of amides is 1. The highest BCUT2D eigenvalue weighted by atomic mass is 16.5. The van der Waals surface area contributed by atoms with Gasteiger partial charge in [0.25, 0.3) is 0 Å². The maximum absolute atomic E-state index is 11.9. The second kappa shape index (κ2) is 6.99. The summed E-state index contributed by atoms with van der Waals surface area (Å²) in [5.41, 5.74) is 0. The van der Waals surface area contributed by atoms with Gasteiger partial charge in [0.2, 0.25) is 11.8 Å². The fraction of sp³-hybridized carbons (Fsp3) is 0.824. The first-order valence-corrected chi connectivity index (χ1v) is 8.87. The van der Waals surface area contributed by atoms with Crippen molar-refractivity contribution in [1.82, 2.24) is 19.9 Å². The molecule has 0 spiro atoms. The predicted octanol–water partition coefficient (Wildman–Crippen LogP) is 2.24. The molecule has 0 radical (unpaired) electrons. The van der Waals surface area contributed by atoms with Crippen LogP contribution in [0.1, 0.15) is 58.2 Å². The van der Waals surface area contributed by atoms with Crippen LogP contribution in [0.2, 0.25) is 0 Å². The number of aromatic nitrogens is 2. The van der Waals surface area contributed by atoms with Crippen LogP contribution in [-0.2, 0) is 17.8 Å². The largest absolute Gasteiger partial charge is 0.339 e. The molecule has 6 nitrogen and oxygen atoms in total. The molecule has 128 valence electrons. The molecule has 0 unspecified atom stereocenters. The minimum absolute atomic E-state index is 0.207. The number of hydrogen-bond acceptors (Lipinski definition) is 5. The maximum Gasteiger partial charge on any atom is 0.226 e. The number of carbonyl (C=O) groups is 1. The summed E-state index contributed by atoms with van der Waals surface area (Å²) in [7, 11) is 0. The van der Waals surface area contributed by atoms with Gasteiger partial charge >= 0.3 is 0 Å². The van der Waals surface area contributed by atoms with E-state index in [0.717, 1.165) is 57.0 Å². The Balaban J connectivity index is 1.65. The zero-order chi connectivity index (χ0) is 16.4. The topological polar surface area (TPSA) is 62.5 Å². The molecule has 0 aromatic carbocycles. The Morgan fingerprint density at radius 1 is 1.26 bits per heavy atom. The van der Waals surface area contributed by atoms with Gasteiger partial charge in [0.15, 0.2) is 5.82 Å². The Kier molecular flexibility index (Phi) is 4.99. The van der Waals surface area contributed by atoms with E-state index in [1.54, 1.807) is 6.92 Å². The molecular weight excluding hydrogens is 292 g/mol. The van der Waals surface area contributed by atoms with Gasteiger partial charge in [0.1, 0.15) is 0 Å². The molecule has 1 aromatic heterocycles. The minimum atomic E-state index is 0.207. The van der Waals surface area contributed by atoms with Crippen LogP contribution in [0.4, 0.5) is 0 Å². The molecule has 6 heteroatoms. The average molecular weight is 320 g/mol. The molecule has 2 atom stereocenters. The molecule has 0 saturated carbocycles. The molecule has 23 heavy (non-hydrogen) atoms. The summed E-state index contributed by atoms with van der Waals surface area (Å²) in [6, 6.07) is 0.797. The van der Waals surface area contributed by atoms with Crippen LogP contribution in [0.5, 0.6) is 0 Å². The summed E-state index contributed by atoms with van der Waals surface area (Å²) in [6.45, 7) is 8.68. The first-order chi connectivity index (χ1) is 11.0. The van der Waals surface area contributed by atoms with E-state index < -0.39 is 0 Å². The van der Waals surface area contributed by atoms with Crippen LogP contribution in [-0.4, -0.2) is 51.0 Å². The molecule has 2 aliphatic rings. The van der Waals surface area contributed by atoms with Crippen molar-refractivity contribution in [2.75, 3.05) is 13.1 Å². The van der Waals surface area contributed by atoms with Crippen molar-refractivity contribution in [2.24, 2.45) is 5.92 Å². The first kappa shape index (κ1) is 16.4. The van der Waals surface area contributed by atoms with Crippen molar-refractivity contribution in [1.29, 1.82) is 0 Å². The first-order valence-electron chi connectivity index (χ1n) is 8.87. The zero-order valence-electron chi connectivity index (χ0n) is 14.5. The smallest absolute Gasteiger partial charge is 0.226 e. The number of rotatable bonds is 5. The highest BCUT2D eigenvalue weighted by Gasteiger charge is 2.39. The van der Waals surface area contributed by atoms with Crippen LogP contribution in [0, 0.1) is 5.92 Å². The average Bonchev–Trinajstić information content (AvgIpc) is 3.18. The Morgan fingerprint density at radius 3 is 2.74 bits per heavy atom. The molecule has 2 fully saturated rings. The summed E-state index contributed by atoms with van der Waals surface area (Å²) >= 11 is 0. The minimum Gasteiger partial charge on any atom is -0.339 e. The molecule has 1 aromatic rings. The van der Waals surface area contributed by atoms with E-state index in [9.17, 15) is 4.79 Å². The molecule has 0 aliphatic carbocycles. The monoisotopic (exact) mass is 320 g/mol. The van der Waals surface area contributed by atoms with Gasteiger partial charge in [0.05, 0.1) is 6.54 Å². The molecule has 2 saturated heterocycles. The van der Waals surface area contributed by atoms with Crippen molar-refractivity contribution in [3.05, 3.63) is 11.7 Å². The third-order valence-corrected chi connectivity index (χ3v) is 5.00. The number of nitrogens with zero attached hydrogens (tertiary/aromatic N) is 4. The number of likely N-dealkylation sites (tertiary alicyclic amines) is 2. The van der Waals surface area contributed by atoms with Crippen LogP contribution in [0.3, 0.4) is 0 Å². The van der Waals surface area contributed by atoms with Gasteiger partial charge in [-0.05, 0) is 38.1 Å². The summed E-state index contributed by atoms with van der Waals surface area (Å²) in [6.07, 6.45) is 5.41. The predicted molar refractivity (Wildman–Crippen MR) is 86.7 cm³/mol. The second-order valence-corrected chi connectivity index (χ2v) is 7.30. The zero-order valence-corrected chi connectivity index (χ0v) is 14.5. The van der Waals surface area contributed by atoms with Gasteiger partial charge in [-0.1, -0.05) is 19.0 Å². The van der Waals surface area contributed by atoms with Crippen LogP contribution in [0.25, 0.3) is 0 Å².